The van der Waals surface area contributed by atoms with Gasteiger partial charge in [0.25, 0.3) is 0 Å². The number of hydrogen-bond donors (Lipinski definition) is 1. The molecule has 0 saturated heterocycles. The number of hydrogen-bond acceptors (Lipinski definition) is 2. The van der Waals surface area contributed by atoms with Crippen LogP contribution in [0, 0.1) is 5.92 Å². The lowest BCUT2D eigenvalue weighted by Gasteiger charge is -2.18. The zero-order valence-electron chi connectivity index (χ0n) is 9.65. The predicted octanol–water partition coefficient (Wildman–Crippen LogP) is 4.03. The van der Waals surface area contributed by atoms with E-state index in [4.69, 9.17) is 16.7 Å². The summed E-state index contributed by atoms with van der Waals surface area (Å²) in [4.78, 5) is 12.1. The topological polar surface area (TPSA) is 37.3 Å². The summed E-state index contributed by atoms with van der Waals surface area (Å²) in [6.45, 7) is 0. The largest absolute Gasteiger partial charge is 0.481 e. The maximum Gasteiger partial charge on any atom is 0.303 e. The molecule has 92 valence electrons. The van der Waals surface area contributed by atoms with E-state index in [1.54, 1.807) is 11.8 Å². The minimum absolute atomic E-state index is 0.119. The molecular formula is C13H15ClO2S. The van der Waals surface area contributed by atoms with Crippen molar-refractivity contribution < 1.29 is 9.90 Å². The minimum atomic E-state index is -0.728. The maximum absolute atomic E-state index is 11.0. The molecule has 0 spiro atoms. The van der Waals surface area contributed by atoms with Crippen LogP contribution in [0.1, 0.15) is 30.7 Å². The van der Waals surface area contributed by atoms with Crippen LogP contribution < -0.4 is 0 Å². The Morgan fingerprint density at radius 1 is 1.59 bits per heavy atom. The van der Waals surface area contributed by atoms with Gasteiger partial charge in [-0.15, -0.1) is 11.8 Å². The lowest BCUT2D eigenvalue weighted by Crippen LogP contribution is -2.09. The second-order valence-corrected chi connectivity index (χ2v) is 5.71. The van der Waals surface area contributed by atoms with Gasteiger partial charge in [-0.1, -0.05) is 11.6 Å². The fraction of sp³-hybridized carbons (Fsp3) is 0.462. The Morgan fingerprint density at radius 3 is 2.82 bits per heavy atom. The van der Waals surface area contributed by atoms with Gasteiger partial charge in [0.1, 0.15) is 0 Å². The van der Waals surface area contributed by atoms with Gasteiger partial charge in [0.2, 0.25) is 0 Å². The molecule has 0 heterocycles. The molecule has 1 fully saturated rings. The SMILES string of the molecule is CSc1ccc(Cl)cc1C(CC(=O)O)C1CC1. The molecule has 2 nitrogen and oxygen atoms in total. The minimum Gasteiger partial charge on any atom is -0.481 e. The molecule has 0 bridgehead atoms. The van der Waals surface area contributed by atoms with E-state index in [2.05, 4.69) is 0 Å². The summed E-state index contributed by atoms with van der Waals surface area (Å²) in [6, 6.07) is 5.78. The number of carboxylic acid groups (broad SMARTS) is 1. The molecule has 17 heavy (non-hydrogen) atoms. The molecule has 1 saturated carbocycles. The van der Waals surface area contributed by atoms with Gasteiger partial charge in [-0.2, -0.15) is 0 Å². The molecule has 1 N–H and O–H groups in total. The Morgan fingerprint density at radius 2 is 2.29 bits per heavy atom. The van der Waals surface area contributed by atoms with Crippen molar-refractivity contribution in [2.45, 2.75) is 30.1 Å². The van der Waals surface area contributed by atoms with Gasteiger partial charge in [-0.25, -0.2) is 0 Å². The van der Waals surface area contributed by atoms with E-state index < -0.39 is 5.97 Å². The molecule has 0 aliphatic heterocycles. The highest BCUT2D eigenvalue weighted by Gasteiger charge is 2.34. The van der Waals surface area contributed by atoms with Gasteiger partial charge in [-0.3, -0.25) is 4.79 Å². The monoisotopic (exact) mass is 270 g/mol. The third-order valence-electron chi connectivity index (χ3n) is 3.18. The highest BCUT2D eigenvalue weighted by molar-refractivity contribution is 7.98. The van der Waals surface area contributed by atoms with Gasteiger partial charge in [0.05, 0.1) is 6.42 Å². The van der Waals surface area contributed by atoms with E-state index in [-0.39, 0.29) is 12.3 Å². The fourth-order valence-electron chi connectivity index (χ4n) is 2.21. The Kier molecular flexibility index (Phi) is 4.00. The Labute approximate surface area is 110 Å². The van der Waals surface area contributed by atoms with E-state index in [0.29, 0.717) is 10.9 Å². The van der Waals surface area contributed by atoms with Crippen LogP contribution in [0.5, 0.6) is 0 Å². The van der Waals surface area contributed by atoms with Crippen LogP contribution in [0.3, 0.4) is 0 Å². The first-order valence-corrected chi connectivity index (χ1v) is 7.27. The molecule has 1 aromatic carbocycles. The number of carboxylic acids is 1. The zero-order valence-corrected chi connectivity index (χ0v) is 11.2. The summed E-state index contributed by atoms with van der Waals surface area (Å²) in [5, 5.41) is 9.70. The van der Waals surface area contributed by atoms with Crippen LogP contribution in [-0.2, 0) is 4.79 Å². The van der Waals surface area contributed by atoms with Crippen LogP contribution in [0.25, 0.3) is 0 Å². The van der Waals surface area contributed by atoms with Gasteiger partial charge in [-0.05, 0) is 54.7 Å². The Balaban J connectivity index is 2.33. The third-order valence-corrected chi connectivity index (χ3v) is 4.22. The average molecular weight is 271 g/mol. The first-order valence-electron chi connectivity index (χ1n) is 5.67. The summed E-state index contributed by atoms with van der Waals surface area (Å²) in [6.07, 6.45) is 4.49. The fourth-order valence-corrected chi connectivity index (χ4v) is 3.04. The molecule has 4 heteroatoms. The first-order chi connectivity index (χ1) is 8.11. The molecule has 0 radical (unpaired) electrons. The van der Waals surface area contributed by atoms with Crippen LogP contribution >= 0.6 is 23.4 Å². The number of rotatable bonds is 5. The molecule has 2 rings (SSSR count). The van der Waals surface area contributed by atoms with Crippen molar-refractivity contribution in [1.29, 1.82) is 0 Å². The van der Waals surface area contributed by atoms with Gasteiger partial charge >= 0.3 is 5.97 Å². The highest BCUT2D eigenvalue weighted by Crippen LogP contribution is 2.47. The lowest BCUT2D eigenvalue weighted by atomic mass is 9.91. The van der Waals surface area contributed by atoms with Crippen molar-refractivity contribution in [2.24, 2.45) is 5.92 Å². The van der Waals surface area contributed by atoms with Crippen molar-refractivity contribution in [3.63, 3.8) is 0 Å². The highest BCUT2D eigenvalue weighted by atomic mass is 35.5. The first kappa shape index (κ1) is 12.8. The molecular weight excluding hydrogens is 256 g/mol. The summed E-state index contributed by atoms with van der Waals surface area (Å²) < 4.78 is 0. The van der Waals surface area contributed by atoms with E-state index in [1.807, 2.05) is 24.5 Å². The second kappa shape index (κ2) is 5.32. The van der Waals surface area contributed by atoms with Crippen molar-refractivity contribution in [1.82, 2.24) is 0 Å². The Hall–Kier alpha value is -0.670. The number of benzene rings is 1. The number of carbonyl (C=O) groups is 1. The maximum atomic E-state index is 11.0. The second-order valence-electron chi connectivity index (χ2n) is 4.43. The molecule has 1 aromatic rings. The van der Waals surface area contributed by atoms with Crippen molar-refractivity contribution >= 4 is 29.3 Å². The number of halogens is 1. The van der Waals surface area contributed by atoms with Crippen LogP contribution in [-0.4, -0.2) is 17.3 Å². The number of thioether (sulfide) groups is 1. The van der Waals surface area contributed by atoms with Crippen LogP contribution in [0.2, 0.25) is 5.02 Å². The molecule has 0 amide bonds. The van der Waals surface area contributed by atoms with Crippen molar-refractivity contribution in [3.05, 3.63) is 28.8 Å². The summed E-state index contributed by atoms with van der Waals surface area (Å²) in [5.74, 6) is -0.0851. The Bertz CT molecular complexity index is 429. The van der Waals surface area contributed by atoms with E-state index >= 15 is 0 Å². The average Bonchev–Trinajstić information content (AvgIpc) is 3.09. The predicted molar refractivity (Wildman–Crippen MR) is 71.0 cm³/mol. The van der Waals surface area contributed by atoms with Crippen molar-refractivity contribution in [3.8, 4) is 0 Å². The number of aliphatic carboxylic acids is 1. The third kappa shape index (κ3) is 3.17. The van der Waals surface area contributed by atoms with Gasteiger partial charge < -0.3 is 5.11 Å². The zero-order chi connectivity index (χ0) is 12.4. The molecule has 1 unspecified atom stereocenters. The van der Waals surface area contributed by atoms with E-state index in [1.165, 1.54) is 0 Å². The molecule has 1 aliphatic rings. The van der Waals surface area contributed by atoms with Gasteiger partial charge in [0, 0.05) is 9.92 Å². The quantitative estimate of drug-likeness (QED) is 0.821. The van der Waals surface area contributed by atoms with Crippen LogP contribution in [0.15, 0.2) is 23.1 Å². The molecule has 1 atom stereocenters. The smallest absolute Gasteiger partial charge is 0.303 e. The molecule has 1 aliphatic carbocycles. The molecule has 0 aromatic heterocycles. The van der Waals surface area contributed by atoms with Crippen LogP contribution in [0.4, 0.5) is 0 Å². The summed E-state index contributed by atoms with van der Waals surface area (Å²) in [7, 11) is 0. The summed E-state index contributed by atoms with van der Waals surface area (Å²) in [5.41, 5.74) is 1.11. The van der Waals surface area contributed by atoms with Crippen molar-refractivity contribution in [2.75, 3.05) is 6.26 Å². The van der Waals surface area contributed by atoms with E-state index in [9.17, 15) is 4.79 Å². The summed E-state index contributed by atoms with van der Waals surface area (Å²) >= 11 is 7.68. The van der Waals surface area contributed by atoms with E-state index in [0.717, 1.165) is 23.3 Å². The lowest BCUT2D eigenvalue weighted by molar-refractivity contribution is -0.137. The standard InChI is InChI=1S/C13H15ClO2S/c1-17-12-5-4-9(14)6-11(12)10(7-13(15)16)8-2-3-8/h4-6,8,10H,2-3,7H2,1H3,(H,15,16). The normalized spacial score (nSPS) is 16.8. The van der Waals surface area contributed by atoms with Gasteiger partial charge in [0.15, 0.2) is 0 Å².